The fourth-order valence-electron chi connectivity index (χ4n) is 3.37. The maximum absolute atomic E-state index is 13.2. The lowest BCUT2D eigenvalue weighted by molar-refractivity contribution is 0.0926. The summed E-state index contributed by atoms with van der Waals surface area (Å²) >= 11 is 12.0. The first-order chi connectivity index (χ1) is 13.5. The van der Waals surface area contributed by atoms with Crippen LogP contribution in [0.15, 0.2) is 54.7 Å². The van der Waals surface area contributed by atoms with Gasteiger partial charge in [0.2, 0.25) is 0 Å². The zero-order valence-corrected chi connectivity index (χ0v) is 15.6. The Kier molecular flexibility index (Phi) is 3.72. The number of hydrogen-bond acceptors (Lipinski definition) is 4. The van der Waals surface area contributed by atoms with Gasteiger partial charge in [-0.15, -0.1) is 0 Å². The molecule has 28 heavy (non-hydrogen) atoms. The van der Waals surface area contributed by atoms with Crippen molar-refractivity contribution in [2.45, 2.75) is 0 Å². The highest BCUT2D eigenvalue weighted by molar-refractivity contribution is 6.38. The second-order valence-corrected chi connectivity index (χ2v) is 7.15. The molecule has 136 valence electrons. The van der Waals surface area contributed by atoms with Crippen LogP contribution in [-0.2, 0) is 0 Å². The van der Waals surface area contributed by atoms with Gasteiger partial charge < -0.3 is 0 Å². The molecule has 4 aromatic rings. The number of rotatable bonds is 2. The van der Waals surface area contributed by atoms with Crippen molar-refractivity contribution < 1.29 is 9.59 Å². The van der Waals surface area contributed by atoms with E-state index in [0.29, 0.717) is 32.5 Å². The van der Waals surface area contributed by atoms with E-state index in [1.807, 2.05) is 12.1 Å². The average Bonchev–Trinajstić information content (AvgIpc) is 3.22. The summed E-state index contributed by atoms with van der Waals surface area (Å²) in [6.45, 7) is 0. The Balaban J connectivity index is 1.73. The SMILES string of the molecule is O=C1c2cnc3n[nH]c(-c4ccc(Cl)cc4)c3c2C(=O)N1c1cccc(Cl)c1. The van der Waals surface area contributed by atoms with Gasteiger partial charge >= 0.3 is 0 Å². The van der Waals surface area contributed by atoms with Crippen LogP contribution < -0.4 is 4.90 Å². The van der Waals surface area contributed by atoms with Gasteiger partial charge in [0.25, 0.3) is 11.8 Å². The van der Waals surface area contributed by atoms with Crippen molar-refractivity contribution in [2.75, 3.05) is 4.90 Å². The summed E-state index contributed by atoms with van der Waals surface area (Å²) in [6, 6.07) is 13.7. The molecule has 1 aliphatic heterocycles. The lowest BCUT2D eigenvalue weighted by Crippen LogP contribution is -2.29. The zero-order valence-electron chi connectivity index (χ0n) is 14.1. The molecular weight excluding hydrogens is 399 g/mol. The second kappa shape index (κ2) is 6.15. The standard InChI is InChI=1S/C20H10Cl2N4O2/c21-11-6-4-10(5-7-11)17-16-15-14(9-23-18(16)25-24-17)19(27)26(20(15)28)13-3-1-2-12(22)8-13/h1-9H,(H,23,24,25). The van der Waals surface area contributed by atoms with Gasteiger partial charge in [-0.05, 0) is 30.3 Å². The predicted octanol–water partition coefficient (Wildman–Crippen LogP) is 4.73. The molecule has 0 saturated heterocycles. The van der Waals surface area contributed by atoms with Crippen molar-refractivity contribution in [3.63, 3.8) is 0 Å². The molecule has 0 atom stereocenters. The quantitative estimate of drug-likeness (QED) is 0.486. The van der Waals surface area contributed by atoms with Crippen molar-refractivity contribution in [1.29, 1.82) is 0 Å². The Labute approximate surface area is 168 Å². The molecular formula is C20H10Cl2N4O2. The monoisotopic (exact) mass is 408 g/mol. The molecule has 2 aromatic carbocycles. The number of nitrogens with zero attached hydrogens (tertiary/aromatic N) is 3. The summed E-state index contributed by atoms with van der Waals surface area (Å²) in [4.78, 5) is 31.6. The van der Waals surface area contributed by atoms with Crippen molar-refractivity contribution >= 4 is 51.7 Å². The van der Waals surface area contributed by atoms with Crippen LogP contribution >= 0.6 is 23.2 Å². The molecule has 0 saturated carbocycles. The fraction of sp³-hybridized carbons (Fsp3) is 0. The molecule has 1 aliphatic rings. The first kappa shape index (κ1) is 16.9. The number of halogens is 2. The van der Waals surface area contributed by atoms with E-state index in [2.05, 4.69) is 15.2 Å². The third-order valence-corrected chi connectivity index (χ3v) is 5.12. The zero-order chi connectivity index (χ0) is 19.4. The minimum absolute atomic E-state index is 0.231. The maximum atomic E-state index is 13.2. The van der Waals surface area contributed by atoms with Crippen LogP contribution in [0.2, 0.25) is 10.0 Å². The van der Waals surface area contributed by atoms with Gasteiger partial charge in [0.15, 0.2) is 5.65 Å². The molecule has 8 heteroatoms. The van der Waals surface area contributed by atoms with Crippen molar-refractivity contribution in [3.8, 4) is 11.3 Å². The Hall–Kier alpha value is -3.22. The number of carbonyl (C=O) groups excluding carboxylic acids is 2. The third kappa shape index (κ3) is 2.42. The van der Waals surface area contributed by atoms with E-state index in [9.17, 15) is 9.59 Å². The number of hydrogen-bond donors (Lipinski definition) is 1. The largest absolute Gasteiger partial charge is 0.275 e. The summed E-state index contributed by atoms with van der Waals surface area (Å²) in [5.41, 5.74) is 2.65. The molecule has 5 rings (SSSR count). The highest BCUT2D eigenvalue weighted by atomic mass is 35.5. The second-order valence-electron chi connectivity index (χ2n) is 6.28. The number of pyridine rings is 1. The minimum Gasteiger partial charge on any atom is -0.275 e. The molecule has 0 unspecified atom stereocenters. The number of amides is 2. The predicted molar refractivity (Wildman–Crippen MR) is 107 cm³/mol. The molecule has 3 heterocycles. The van der Waals surface area contributed by atoms with Crippen LogP contribution in [-0.4, -0.2) is 27.0 Å². The Morgan fingerprint density at radius 2 is 1.71 bits per heavy atom. The van der Waals surface area contributed by atoms with Gasteiger partial charge in [-0.25, -0.2) is 9.88 Å². The normalized spacial score (nSPS) is 13.4. The van der Waals surface area contributed by atoms with E-state index in [1.54, 1.807) is 36.4 Å². The molecule has 1 N–H and O–H groups in total. The fourth-order valence-corrected chi connectivity index (χ4v) is 3.68. The van der Waals surface area contributed by atoms with Crippen LogP contribution in [0.25, 0.3) is 22.3 Å². The molecule has 0 radical (unpaired) electrons. The van der Waals surface area contributed by atoms with Crippen LogP contribution in [0.3, 0.4) is 0 Å². The highest BCUT2D eigenvalue weighted by Gasteiger charge is 2.40. The van der Waals surface area contributed by atoms with Gasteiger partial charge in [-0.3, -0.25) is 14.7 Å². The molecule has 2 aromatic heterocycles. The van der Waals surface area contributed by atoms with Crippen LogP contribution in [0.5, 0.6) is 0 Å². The molecule has 0 bridgehead atoms. The average molecular weight is 409 g/mol. The number of aromatic amines is 1. The molecule has 0 aliphatic carbocycles. The Bertz CT molecular complexity index is 1280. The summed E-state index contributed by atoms with van der Waals surface area (Å²) in [6.07, 6.45) is 1.38. The maximum Gasteiger partial charge on any atom is 0.267 e. The molecule has 2 amide bonds. The van der Waals surface area contributed by atoms with Crippen molar-refractivity contribution in [1.82, 2.24) is 15.2 Å². The number of aromatic nitrogens is 3. The number of H-pyrrole nitrogens is 1. The highest BCUT2D eigenvalue weighted by Crippen LogP contribution is 2.36. The molecule has 0 spiro atoms. The molecule has 6 nitrogen and oxygen atoms in total. The first-order valence-electron chi connectivity index (χ1n) is 8.32. The number of imide groups is 1. The third-order valence-electron chi connectivity index (χ3n) is 4.63. The van der Waals surface area contributed by atoms with Gasteiger partial charge in [0.1, 0.15) is 0 Å². The molecule has 0 fully saturated rings. The summed E-state index contributed by atoms with van der Waals surface area (Å²) in [7, 11) is 0. The number of nitrogens with one attached hydrogen (secondary N) is 1. The van der Waals surface area contributed by atoms with E-state index < -0.39 is 11.8 Å². The van der Waals surface area contributed by atoms with Crippen LogP contribution in [0.4, 0.5) is 5.69 Å². The lowest BCUT2D eigenvalue weighted by atomic mass is 10.0. The first-order valence-corrected chi connectivity index (χ1v) is 9.07. The number of benzene rings is 2. The van der Waals surface area contributed by atoms with E-state index >= 15 is 0 Å². The van der Waals surface area contributed by atoms with E-state index in [0.717, 1.165) is 10.5 Å². The van der Waals surface area contributed by atoms with E-state index in [-0.39, 0.29) is 11.1 Å². The van der Waals surface area contributed by atoms with Crippen LogP contribution in [0.1, 0.15) is 20.7 Å². The number of fused-ring (bicyclic) bond motifs is 3. The van der Waals surface area contributed by atoms with Crippen molar-refractivity contribution in [3.05, 3.63) is 75.9 Å². The Morgan fingerprint density at radius 1 is 0.929 bits per heavy atom. The van der Waals surface area contributed by atoms with E-state index in [1.165, 1.54) is 6.20 Å². The topological polar surface area (TPSA) is 79.0 Å². The minimum atomic E-state index is -0.445. The Morgan fingerprint density at radius 3 is 2.46 bits per heavy atom. The lowest BCUT2D eigenvalue weighted by Gasteiger charge is -2.13. The van der Waals surface area contributed by atoms with E-state index in [4.69, 9.17) is 23.2 Å². The number of anilines is 1. The summed E-state index contributed by atoms with van der Waals surface area (Å²) in [5.74, 6) is -0.883. The van der Waals surface area contributed by atoms with Gasteiger partial charge in [0.05, 0.1) is 27.9 Å². The summed E-state index contributed by atoms with van der Waals surface area (Å²) in [5, 5.41) is 8.64. The van der Waals surface area contributed by atoms with Gasteiger partial charge in [-0.1, -0.05) is 41.4 Å². The van der Waals surface area contributed by atoms with Gasteiger partial charge in [0, 0.05) is 21.8 Å². The van der Waals surface area contributed by atoms with Crippen molar-refractivity contribution in [2.24, 2.45) is 0 Å². The number of carbonyl (C=O) groups is 2. The smallest absolute Gasteiger partial charge is 0.267 e. The summed E-state index contributed by atoms with van der Waals surface area (Å²) < 4.78 is 0. The van der Waals surface area contributed by atoms with Gasteiger partial charge in [-0.2, -0.15) is 5.10 Å². The van der Waals surface area contributed by atoms with Crippen LogP contribution in [0, 0.1) is 0 Å².